The summed E-state index contributed by atoms with van der Waals surface area (Å²) >= 11 is 0. The highest BCUT2D eigenvalue weighted by Crippen LogP contribution is 2.29. The molecule has 2 atom stereocenters. The monoisotopic (exact) mass is 289 g/mol. The first kappa shape index (κ1) is 14.9. The van der Waals surface area contributed by atoms with Gasteiger partial charge >= 0.3 is 0 Å². The van der Waals surface area contributed by atoms with Gasteiger partial charge in [-0.2, -0.15) is 0 Å². The van der Waals surface area contributed by atoms with Crippen molar-refractivity contribution in [1.82, 2.24) is 15.3 Å². The van der Waals surface area contributed by atoms with E-state index in [-0.39, 0.29) is 5.60 Å². The van der Waals surface area contributed by atoms with Crippen molar-refractivity contribution < 1.29 is 4.74 Å². The predicted octanol–water partition coefficient (Wildman–Crippen LogP) is 2.61. The topological polar surface area (TPSA) is 47.0 Å². The van der Waals surface area contributed by atoms with Crippen molar-refractivity contribution in [3.8, 4) is 0 Å². The highest BCUT2D eigenvalue weighted by atomic mass is 16.5. The number of ether oxygens (including phenoxy) is 1. The second-order valence-electron chi connectivity index (χ2n) is 6.75. The molecule has 0 aromatic carbocycles. The van der Waals surface area contributed by atoms with Gasteiger partial charge in [-0.25, -0.2) is 9.97 Å². The Morgan fingerprint density at radius 3 is 2.86 bits per heavy atom. The van der Waals surface area contributed by atoms with Crippen LogP contribution < -0.4 is 5.32 Å². The maximum Gasteiger partial charge on any atom is 0.160 e. The lowest BCUT2D eigenvalue weighted by molar-refractivity contribution is -0.00926. The minimum atomic E-state index is -0.362. The summed E-state index contributed by atoms with van der Waals surface area (Å²) in [6.45, 7) is 5.34. The highest BCUT2D eigenvalue weighted by Gasteiger charge is 2.30. The van der Waals surface area contributed by atoms with Crippen molar-refractivity contribution in [1.29, 1.82) is 0 Å². The Morgan fingerprint density at radius 2 is 2.19 bits per heavy atom. The van der Waals surface area contributed by atoms with Gasteiger partial charge in [0.05, 0.1) is 0 Å². The number of methoxy groups -OCH3 is 1. The van der Waals surface area contributed by atoms with Gasteiger partial charge in [0.15, 0.2) is 5.82 Å². The lowest BCUT2D eigenvalue weighted by Gasteiger charge is -2.28. The quantitative estimate of drug-likeness (QED) is 0.874. The zero-order chi connectivity index (χ0) is 14.9. The van der Waals surface area contributed by atoms with Gasteiger partial charge in [-0.05, 0) is 63.5 Å². The summed E-state index contributed by atoms with van der Waals surface area (Å²) in [6, 6.07) is 0.803. The molecular formula is C17H27N3O. The molecule has 1 aromatic heterocycles. The van der Waals surface area contributed by atoms with Crippen molar-refractivity contribution in [2.75, 3.05) is 13.7 Å². The van der Waals surface area contributed by atoms with Crippen molar-refractivity contribution in [3.63, 3.8) is 0 Å². The van der Waals surface area contributed by atoms with Crippen molar-refractivity contribution in [2.45, 2.75) is 64.0 Å². The van der Waals surface area contributed by atoms with E-state index in [0.717, 1.165) is 43.6 Å². The van der Waals surface area contributed by atoms with E-state index in [1.807, 2.05) is 6.20 Å². The first-order valence-electron chi connectivity index (χ1n) is 8.28. The van der Waals surface area contributed by atoms with Gasteiger partial charge in [-0.1, -0.05) is 6.92 Å². The van der Waals surface area contributed by atoms with Crippen LogP contribution in [0.3, 0.4) is 0 Å². The Balaban J connectivity index is 1.69. The fourth-order valence-electron chi connectivity index (χ4n) is 3.03. The van der Waals surface area contributed by atoms with Gasteiger partial charge in [0.25, 0.3) is 0 Å². The molecule has 0 spiro atoms. The van der Waals surface area contributed by atoms with Crippen LogP contribution in [0.4, 0.5) is 0 Å². The smallest absolute Gasteiger partial charge is 0.160 e. The molecule has 1 heterocycles. The van der Waals surface area contributed by atoms with Gasteiger partial charge in [-0.15, -0.1) is 0 Å². The number of hydrogen-bond acceptors (Lipinski definition) is 4. The third-order valence-electron chi connectivity index (χ3n) is 5.12. The van der Waals surface area contributed by atoms with Crippen LogP contribution in [-0.4, -0.2) is 29.7 Å². The average molecular weight is 289 g/mol. The van der Waals surface area contributed by atoms with Crippen LogP contribution in [0.1, 0.15) is 56.6 Å². The number of aryl methyl sites for hydroxylation is 1. The molecule has 4 nitrogen and oxygen atoms in total. The molecule has 3 rings (SSSR count). The van der Waals surface area contributed by atoms with Crippen LogP contribution in [0, 0.1) is 5.92 Å². The minimum absolute atomic E-state index is 0.362. The molecule has 0 saturated heterocycles. The van der Waals surface area contributed by atoms with Crippen LogP contribution in [0.5, 0.6) is 0 Å². The Kier molecular flexibility index (Phi) is 4.27. The molecule has 2 aliphatic carbocycles. The van der Waals surface area contributed by atoms with Crippen LogP contribution in [-0.2, 0) is 23.2 Å². The van der Waals surface area contributed by atoms with Crippen molar-refractivity contribution in [3.05, 3.63) is 23.3 Å². The van der Waals surface area contributed by atoms with Crippen LogP contribution >= 0.6 is 0 Å². The highest BCUT2D eigenvalue weighted by molar-refractivity contribution is 5.23. The van der Waals surface area contributed by atoms with E-state index in [0.29, 0.717) is 0 Å². The molecule has 0 aliphatic heterocycles. The van der Waals surface area contributed by atoms with E-state index < -0.39 is 0 Å². The molecule has 21 heavy (non-hydrogen) atoms. The fraction of sp³-hybridized carbons (Fsp3) is 0.765. The van der Waals surface area contributed by atoms with Crippen molar-refractivity contribution in [2.24, 2.45) is 5.92 Å². The molecule has 116 valence electrons. The molecule has 0 radical (unpaired) electrons. The third-order valence-corrected chi connectivity index (χ3v) is 5.12. The normalized spacial score (nSPS) is 24.4. The Morgan fingerprint density at radius 1 is 1.38 bits per heavy atom. The van der Waals surface area contributed by atoms with Gasteiger partial charge in [0.1, 0.15) is 5.60 Å². The summed E-state index contributed by atoms with van der Waals surface area (Å²) in [6.07, 6.45) is 9.07. The fourth-order valence-corrected chi connectivity index (χ4v) is 3.03. The lowest BCUT2D eigenvalue weighted by atomic mass is 9.87. The van der Waals surface area contributed by atoms with E-state index in [1.165, 1.54) is 30.5 Å². The zero-order valence-electron chi connectivity index (χ0n) is 13.5. The van der Waals surface area contributed by atoms with E-state index in [1.54, 1.807) is 7.11 Å². The van der Waals surface area contributed by atoms with Gasteiger partial charge in [-0.3, -0.25) is 0 Å². The zero-order valence-corrected chi connectivity index (χ0v) is 13.5. The number of rotatable bonds is 6. The second kappa shape index (κ2) is 6.01. The Bertz CT molecular complexity index is 495. The van der Waals surface area contributed by atoms with Crippen LogP contribution in [0.15, 0.2) is 6.20 Å². The van der Waals surface area contributed by atoms with E-state index >= 15 is 0 Å². The minimum Gasteiger partial charge on any atom is -0.371 e. The molecule has 1 fully saturated rings. The van der Waals surface area contributed by atoms with Crippen molar-refractivity contribution >= 4 is 0 Å². The standard InChI is InChI=1S/C17H27N3O/c1-4-17(2,21-3)16-19-11-13-9-12(5-8-15(13)20-16)10-18-14-6-7-14/h11-12,14,18H,4-10H2,1-3H3. The average Bonchev–Trinajstić information content (AvgIpc) is 3.35. The van der Waals surface area contributed by atoms with Gasteiger partial charge in [0, 0.05) is 25.0 Å². The molecule has 2 unspecified atom stereocenters. The molecule has 4 heteroatoms. The van der Waals surface area contributed by atoms with E-state index in [9.17, 15) is 0 Å². The summed E-state index contributed by atoms with van der Waals surface area (Å²) < 4.78 is 5.62. The molecule has 1 N–H and O–H groups in total. The Hall–Kier alpha value is -1.00. The summed E-state index contributed by atoms with van der Waals surface area (Å²) in [4.78, 5) is 9.40. The lowest BCUT2D eigenvalue weighted by Crippen LogP contribution is -2.31. The predicted molar refractivity (Wildman–Crippen MR) is 83.2 cm³/mol. The molecular weight excluding hydrogens is 262 g/mol. The molecule has 0 bridgehead atoms. The van der Waals surface area contributed by atoms with Crippen LogP contribution in [0.2, 0.25) is 0 Å². The second-order valence-corrected chi connectivity index (χ2v) is 6.75. The molecule has 1 aromatic rings. The summed E-state index contributed by atoms with van der Waals surface area (Å²) in [5, 5.41) is 3.65. The number of hydrogen-bond donors (Lipinski definition) is 1. The summed E-state index contributed by atoms with van der Waals surface area (Å²) in [5.41, 5.74) is 2.21. The van der Waals surface area contributed by atoms with Crippen LogP contribution in [0.25, 0.3) is 0 Å². The van der Waals surface area contributed by atoms with Gasteiger partial charge in [0.2, 0.25) is 0 Å². The van der Waals surface area contributed by atoms with E-state index in [4.69, 9.17) is 9.72 Å². The first-order chi connectivity index (χ1) is 10.1. The number of aromatic nitrogens is 2. The Labute approximate surface area is 127 Å². The maximum absolute atomic E-state index is 5.62. The number of nitrogens with zero attached hydrogens (tertiary/aromatic N) is 2. The molecule has 0 amide bonds. The number of fused-ring (bicyclic) bond motifs is 1. The SMILES string of the molecule is CCC(C)(OC)c1ncc2c(n1)CCC(CNC1CC1)C2. The maximum atomic E-state index is 5.62. The van der Waals surface area contributed by atoms with Gasteiger partial charge < -0.3 is 10.1 Å². The molecule has 1 saturated carbocycles. The van der Waals surface area contributed by atoms with E-state index in [2.05, 4.69) is 24.1 Å². The summed E-state index contributed by atoms with van der Waals surface area (Å²) in [5.74, 6) is 1.58. The number of nitrogens with one attached hydrogen (secondary N) is 1. The largest absolute Gasteiger partial charge is 0.371 e. The third kappa shape index (κ3) is 3.27. The summed E-state index contributed by atoms with van der Waals surface area (Å²) in [7, 11) is 1.74. The first-order valence-corrected chi connectivity index (χ1v) is 8.28. The molecule has 2 aliphatic rings.